The highest BCUT2D eigenvalue weighted by Crippen LogP contribution is 2.42. The van der Waals surface area contributed by atoms with Crippen LogP contribution in [0.25, 0.3) is 0 Å². The molecular weight excluding hydrogens is 460 g/mol. The molecule has 180 valence electrons. The van der Waals surface area contributed by atoms with Crippen molar-refractivity contribution in [3.8, 4) is 17.6 Å². The molecule has 35 heavy (non-hydrogen) atoms. The predicted octanol–water partition coefficient (Wildman–Crippen LogP) is 4.40. The number of aromatic nitrogens is 2. The first-order valence-corrected chi connectivity index (χ1v) is 10.7. The number of nitrogens with one attached hydrogen (secondary N) is 1. The number of ether oxygens (including phenoxy) is 2. The number of carbonyl (C=O) groups is 2. The molecule has 8 nitrogen and oxygen atoms in total. The van der Waals surface area contributed by atoms with Crippen LogP contribution in [0, 0.1) is 23.5 Å². The van der Waals surface area contributed by atoms with Gasteiger partial charge in [0.05, 0.1) is 11.8 Å². The minimum absolute atomic E-state index is 0.0115. The average molecular weight is 481 g/mol. The molecular formula is C25H21F2N3O5. The van der Waals surface area contributed by atoms with Crippen molar-refractivity contribution in [2.45, 2.75) is 31.5 Å². The lowest BCUT2D eigenvalue weighted by atomic mass is 10.1. The third-order valence-electron chi connectivity index (χ3n) is 5.44. The second-order valence-corrected chi connectivity index (χ2v) is 8.03. The van der Waals surface area contributed by atoms with Gasteiger partial charge in [-0.05, 0) is 24.6 Å². The summed E-state index contributed by atoms with van der Waals surface area (Å²) < 4.78 is 40.8. The summed E-state index contributed by atoms with van der Waals surface area (Å²) in [5.74, 6) is 1.42. The Kier molecular flexibility index (Phi) is 6.42. The number of carboxylic acids is 1. The van der Waals surface area contributed by atoms with E-state index in [0.29, 0.717) is 5.56 Å². The highest BCUT2D eigenvalue weighted by molar-refractivity contribution is 5.85. The standard InChI is InChI=1S/C25H21F2N3O5/c1-15(17-6-4-3-5-7-17)34-24(33)29-22-18(14-28-30(22)2)9-8-16-12-19(26)21(20(27)13-16)35-25(10-11-25)23(31)32/h3-7,12-15H,10-11H2,1-2H3,(H,29,33)(H,31,32)/t15-/m1/s1. The van der Waals surface area contributed by atoms with Gasteiger partial charge in [-0.1, -0.05) is 42.2 Å². The predicted molar refractivity (Wildman–Crippen MR) is 121 cm³/mol. The van der Waals surface area contributed by atoms with E-state index in [1.165, 1.54) is 10.9 Å². The van der Waals surface area contributed by atoms with Crippen LogP contribution in [0.15, 0.2) is 48.7 Å². The average Bonchev–Trinajstić information content (AvgIpc) is 3.54. The second kappa shape index (κ2) is 9.46. The molecule has 0 unspecified atom stereocenters. The van der Waals surface area contributed by atoms with Gasteiger partial charge in [0.15, 0.2) is 17.4 Å². The molecule has 1 heterocycles. The van der Waals surface area contributed by atoms with Crippen LogP contribution >= 0.6 is 0 Å². The number of aryl methyl sites for hydroxylation is 1. The van der Waals surface area contributed by atoms with Crippen molar-refractivity contribution in [1.29, 1.82) is 0 Å². The van der Waals surface area contributed by atoms with Gasteiger partial charge in [0.1, 0.15) is 11.9 Å². The van der Waals surface area contributed by atoms with E-state index in [0.717, 1.165) is 17.7 Å². The number of anilines is 1. The van der Waals surface area contributed by atoms with Crippen molar-refractivity contribution in [3.63, 3.8) is 0 Å². The summed E-state index contributed by atoms with van der Waals surface area (Å²) in [6.07, 6.45) is 0.510. The van der Waals surface area contributed by atoms with Crippen molar-refractivity contribution in [2.75, 3.05) is 5.32 Å². The number of amides is 1. The fraction of sp³-hybridized carbons (Fsp3) is 0.240. The molecule has 1 aliphatic carbocycles. The number of hydrogen-bond acceptors (Lipinski definition) is 5. The van der Waals surface area contributed by atoms with Crippen molar-refractivity contribution in [3.05, 3.63) is 77.0 Å². The number of nitrogens with zero attached hydrogens (tertiary/aromatic N) is 2. The lowest BCUT2D eigenvalue weighted by Gasteiger charge is -2.14. The minimum atomic E-state index is -1.59. The van der Waals surface area contributed by atoms with Crippen LogP contribution in [-0.4, -0.2) is 32.6 Å². The van der Waals surface area contributed by atoms with Gasteiger partial charge >= 0.3 is 12.1 Å². The van der Waals surface area contributed by atoms with E-state index in [4.69, 9.17) is 14.6 Å². The largest absolute Gasteiger partial charge is 0.478 e. The molecule has 0 spiro atoms. The van der Waals surface area contributed by atoms with E-state index in [2.05, 4.69) is 22.3 Å². The molecule has 1 aliphatic rings. The lowest BCUT2D eigenvalue weighted by molar-refractivity contribution is -0.147. The summed E-state index contributed by atoms with van der Waals surface area (Å²) >= 11 is 0. The molecule has 1 fully saturated rings. The maximum atomic E-state index is 14.5. The van der Waals surface area contributed by atoms with Crippen LogP contribution in [0.5, 0.6) is 5.75 Å². The van der Waals surface area contributed by atoms with E-state index >= 15 is 0 Å². The van der Waals surface area contributed by atoms with Crippen LogP contribution in [0.4, 0.5) is 19.4 Å². The van der Waals surface area contributed by atoms with Crippen molar-refractivity contribution in [2.24, 2.45) is 7.05 Å². The van der Waals surface area contributed by atoms with Gasteiger partial charge < -0.3 is 14.6 Å². The summed E-state index contributed by atoms with van der Waals surface area (Å²) in [6, 6.07) is 11.1. The van der Waals surface area contributed by atoms with Gasteiger partial charge in [-0.15, -0.1) is 0 Å². The molecule has 0 bridgehead atoms. The van der Waals surface area contributed by atoms with Gasteiger partial charge in [-0.25, -0.2) is 18.4 Å². The number of hydrogen-bond donors (Lipinski definition) is 2. The molecule has 1 saturated carbocycles. The summed E-state index contributed by atoms with van der Waals surface area (Å²) in [4.78, 5) is 23.6. The summed E-state index contributed by atoms with van der Waals surface area (Å²) in [7, 11) is 1.59. The second-order valence-electron chi connectivity index (χ2n) is 8.03. The Balaban J connectivity index is 1.49. The van der Waals surface area contributed by atoms with Crippen LogP contribution < -0.4 is 10.1 Å². The molecule has 1 aromatic heterocycles. The van der Waals surface area contributed by atoms with Gasteiger partial charge in [0.2, 0.25) is 5.60 Å². The Morgan fingerprint density at radius 1 is 1.17 bits per heavy atom. The van der Waals surface area contributed by atoms with Crippen LogP contribution in [0.2, 0.25) is 0 Å². The molecule has 4 rings (SSSR count). The van der Waals surface area contributed by atoms with Gasteiger partial charge in [0.25, 0.3) is 0 Å². The van der Waals surface area contributed by atoms with Crippen LogP contribution in [0.3, 0.4) is 0 Å². The van der Waals surface area contributed by atoms with Crippen molar-refractivity contribution < 1.29 is 33.0 Å². The van der Waals surface area contributed by atoms with E-state index in [-0.39, 0.29) is 24.2 Å². The third kappa shape index (κ3) is 5.24. The lowest BCUT2D eigenvalue weighted by Crippen LogP contribution is -2.29. The molecule has 1 atom stereocenters. The maximum Gasteiger partial charge on any atom is 0.413 e. The van der Waals surface area contributed by atoms with E-state index in [9.17, 15) is 18.4 Å². The molecule has 0 radical (unpaired) electrons. The number of carboxylic acid groups (broad SMARTS) is 1. The number of rotatable bonds is 6. The van der Waals surface area contributed by atoms with Gasteiger partial charge in [0, 0.05) is 25.5 Å². The highest BCUT2D eigenvalue weighted by atomic mass is 19.1. The van der Waals surface area contributed by atoms with E-state index in [1.807, 2.05) is 30.3 Å². The molecule has 2 N–H and O–H groups in total. The quantitative estimate of drug-likeness (QED) is 0.506. The third-order valence-corrected chi connectivity index (χ3v) is 5.44. The van der Waals surface area contributed by atoms with Gasteiger partial charge in [-0.2, -0.15) is 5.10 Å². The summed E-state index contributed by atoms with van der Waals surface area (Å²) in [5, 5.41) is 15.8. The molecule has 3 aromatic rings. The fourth-order valence-corrected chi connectivity index (χ4v) is 3.29. The molecule has 0 aliphatic heterocycles. The van der Waals surface area contributed by atoms with Crippen LogP contribution in [-0.2, 0) is 16.6 Å². The monoisotopic (exact) mass is 481 g/mol. The van der Waals surface area contributed by atoms with E-state index in [1.54, 1.807) is 14.0 Å². The Hall–Kier alpha value is -4.39. The molecule has 0 saturated heterocycles. The van der Waals surface area contributed by atoms with E-state index < -0.39 is 41.2 Å². The first kappa shape index (κ1) is 23.8. The Morgan fingerprint density at radius 2 is 1.83 bits per heavy atom. The smallest absolute Gasteiger partial charge is 0.413 e. The number of aliphatic carboxylic acids is 1. The SMILES string of the molecule is C[C@@H](OC(=O)Nc1c(C#Cc2cc(F)c(OC3(C(=O)O)CC3)c(F)c2)cnn1C)c1ccccc1. The van der Waals surface area contributed by atoms with Crippen molar-refractivity contribution in [1.82, 2.24) is 9.78 Å². The topological polar surface area (TPSA) is 103 Å². The van der Waals surface area contributed by atoms with Gasteiger partial charge in [-0.3, -0.25) is 10.00 Å². The molecule has 2 aromatic carbocycles. The minimum Gasteiger partial charge on any atom is -0.478 e. The summed E-state index contributed by atoms with van der Waals surface area (Å²) in [6.45, 7) is 1.73. The Bertz CT molecular complexity index is 1320. The number of carbonyl (C=O) groups excluding carboxylic acids is 1. The number of halogens is 2. The maximum absolute atomic E-state index is 14.5. The normalized spacial score (nSPS) is 14.3. The molecule has 1 amide bonds. The summed E-state index contributed by atoms with van der Waals surface area (Å²) in [5.41, 5.74) is -0.485. The first-order valence-electron chi connectivity index (χ1n) is 10.7. The molecule has 10 heteroatoms. The zero-order valence-corrected chi connectivity index (χ0v) is 18.8. The fourth-order valence-electron chi connectivity index (χ4n) is 3.29. The van der Waals surface area contributed by atoms with Crippen LogP contribution in [0.1, 0.15) is 42.6 Å². The Labute approximate surface area is 199 Å². The first-order chi connectivity index (χ1) is 16.7. The number of benzene rings is 2. The Morgan fingerprint density at radius 3 is 2.43 bits per heavy atom. The zero-order valence-electron chi connectivity index (χ0n) is 18.8. The highest BCUT2D eigenvalue weighted by Gasteiger charge is 2.54. The van der Waals surface area contributed by atoms with Crippen molar-refractivity contribution >= 4 is 17.9 Å². The zero-order chi connectivity index (χ0) is 25.2.